The van der Waals surface area contributed by atoms with E-state index in [0.29, 0.717) is 0 Å². The zero-order chi connectivity index (χ0) is 13.5. The van der Waals surface area contributed by atoms with Gasteiger partial charge in [-0.3, -0.25) is 10.1 Å². The molecule has 0 aliphatic carbocycles. The van der Waals surface area contributed by atoms with E-state index in [4.69, 9.17) is 6.42 Å². The maximum absolute atomic E-state index is 13.4. The molecule has 5 heteroatoms. The Morgan fingerprint density at radius 2 is 2.06 bits per heavy atom. The smallest absolute Gasteiger partial charge is 0.234 e. The Morgan fingerprint density at radius 1 is 1.44 bits per heavy atom. The number of nitrogens with one attached hydrogen (secondary N) is 2. The Hall–Kier alpha value is -1.93. The molecular formula is C13H14F2N2O. The molecule has 18 heavy (non-hydrogen) atoms. The summed E-state index contributed by atoms with van der Waals surface area (Å²) in [6, 6.07) is 2.83. The molecule has 1 rings (SSSR count). The van der Waals surface area contributed by atoms with Crippen LogP contribution in [0.3, 0.4) is 0 Å². The van der Waals surface area contributed by atoms with Crippen molar-refractivity contribution in [1.82, 2.24) is 10.6 Å². The highest BCUT2D eigenvalue weighted by Crippen LogP contribution is 2.19. The quantitative estimate of drug-likeness (QED) is 0.614. The van der Waals surface area contributed by atoms with E-state index in [1.54, 1.807) is 0 Å². The van der Waals surface area contributed by atoms with Crippen molar-refractivity contribution in [3.8, 4) is 12.3 Å². The van der Waals surface area contributed by atoms with Crippen LogP contribution >= 0.6 is 0 Å². The van der Waals surface area contributed by atoms with E-state index < -0.39 is 17.7 Å². The fourth-order valence-electron chi connectivity index (χ4n) is 1.54. The summed E-state index contributed by atoms with van der Waals surface area (Å²) in [5, 5.41) is 5.17. The minimum absolute atomic E-state index is 0.00458. The molecule has 0 aliphatic heterocycles. The maximum atomic E-state index is 13.4. The second-order valence-electron chi connectivity index (χ2n) is 3.73. The van der Waals surface area contributed by atoms with E-state index in [1.807, 2.05) is 0 Å². The molecule has 0 heterocycles. The highest BCUT2D eigenvalue weighted by Gasteiger charge is 2.17. The van der Waals surface area contributed by atoms with Gasteiger partial charge < -0.3 is 5.32 Å². The van der Waals surface area contributed by atoms with Gasteiger partial charge in [-0.05, 0) is 19.1 Å². The summed E-state index contributed by atoms with van der Waals surface area (Å²) in [4.78, 5) is 11.4. The molecule has 1 atom stereocenters. The van der Waals surface area contributed by atoms with Gasteiger partial charge in [0.25, 0.3) is 0 Å². The molecule has 2 N–H and O–H groups in total. The fourth-order valence-corrected chi connectivity index (χ4v) is 1.54. The first-order valence-corrected chi connectivity index (χ1v) is 5.43. The van der Waals surface area contributed by atoms with Crippen molar-refractivity contribution in [1.29, 1.82) is 0 Å². The van der Waals surface area contributed by atoms with Crippen LogP contribution in [-0.4, -0.2) is 19.0 Å². The zero-order valence-corrected chi connectivity index (χ0v) is 9.97. The van der Waals surface area contributed by atoms with Crippen LogP contribution < -0.4 is 10.6 Å². The summed E-state index contributed by atoms with van der Waals surface area (Å²) in [6.07, 6.45) is 5.00. The van der Waals surface area contributed by atoms with Crippen LogP contribution in [0.5, 0.6) is 0 Å². The number of hydrogen-bond acceptors (Lipinski definition) is 2. The van der Waals surface area contributed by atoms with Gasteiger partial charge >= 0.3 is 0 Å². The Bertz CT molecular complexity index is 448. The largest absolute Gasteiger partial charge is 0.348 e. The van der Waals surface area contributed by atoms with E-state index >= 15 is 0 Å². The molecule has 0 aromatic heterocycles. The normalized spacial score (nSPS) is 11.7. The first-order valence-electron chi connectivity index (χ1n) is 5.43. The second-order valence-corrected chi connectivity index (χ2v) is 3.73. The van der Waals surface area contributed by atoms with Crippen molar-refractivity contribution in [3.05, 3.63) is 35.4 Å². The van der Waals surface area contributed by atoms with Crippen LogP contribution in [0.15, 0.2) is 18.2 Å². The molecular weight excluding hydrogens is 238 g/mol. The fraction of sp³-hybridized carbons (Fsp3) is 0.308. The van der Waals surface area contributed by atoms with Gasteiger partial charge in [-0.15, -0.1) is 6.42 Å². The highest BCUT2D eigenvalue weighted by atomic mass is 19.1. The summed E-state index contributed by atoms with van der Waals surface area (Å²) in [5.41, 5.74) is -0.150. The number of rotatable bonds is 5. The lowest BCUT2D eigenvalue weighted by atomic mass is 10.1. The van der Waals surface area contributed by atoms with Crippen molar-refractivity contribution in [2.24, 2.45) is 0 Å². The molecule has 0 saturated carbocycles. The molecule has 0 saturated heterocycles. The summed E-state index contributed by atoms with van der Waals surface area (Å²) < 4.78 is 26.8. The zero-order valence-electron chi connectivity index (χ0n) is 9.97. The monoisotopic (exact) mass is 252 g/mol. The van der Waals surface area contributed by atoms with Gasteiger partial charge in [0.2, 0.25) is 5.91 Å². The minimum atomic E-state index is -0.744. The van der Waals surface area contributed by atoms with Gasteiger partial charge in [-0.1, -0.05) is 12.0 Å². The second kappa shape index (κ2) is 6.72. The van der Waals surface area contributed by atoms with Crippen molar-refractivity contribution < 1.29 is 13.6 Å². The molecule has 0 aliphatic rings. The van der Waals surface area contributed by atoms with Crippen LogP contribution in [0, 0.1) is 24.0 Å². The Balaban J connectivity index is 2.63. The number of carbonyl (C=O) groups is 1. The topological polar surface area (TPSA) is 41.1 Å². The van der Waals surface area contributed by atoms with Crippen molar-refractivity contribution >= 4 is 5.91 Å². The summed E-state index contributed by atoms with van der Waals surface area (Å²) >= 11 is 0. The highest BCUT2D eigenvalue weighted by molar-refractivity contribution is 5.78. The van der Waals surface area contributed by atoms with E-state index in [1.165, 1.54) is 13.0 Å². The van der Waals surface area contributed by atoms with Crippen LogP contribution in [0.4, 0.5) is 8.78 Å². The summed E-state index contributed by atoms with van der Waals surface area (Å²) in [7, 11) is 0. The minimum Gasteiger partial charge on any atom is -0.348 e. The molecule has 3 nitrogen and oxygen atoms in total. The molecule has 1 amide bonds. The number of amides is 1. The Morgan fingerprint density at radius 3 is 2.61 bits per heavy atom. The third kappa shape index (κ3) is 3.82. The molecule has 0 spiro atoms. The van der Waals surface area contributed by atoms with Gasteiger partial charge in [-0.2, -0.15) is 0 Å². The predicted molar refractivity (Wildman–Crippen MR) is 64.6 cm³/mol. The van der Waals surface area contributed by atoms with Crippen molar-refractivity contribution in [3.63, 3.8) is 0 Å². The van der Waals surface area contributed by atoms with Crippen LogP contribution in [0.25, 0.3) is 0 Å². The number of halogens is 2. The SMILES string of the molecule is C#CCNCC(=O)NC(C)c1c(F)cccc1F. The summed E-state index contributed by atoms with van der Waals surface area (Å²) in [5.74, 6) is 0.578. The molecule has 1 unspecified atom stereocenters. The van der Waals surface area contributed by atoms with Crippen LogP contribution in [-0.2, 0) is 4.79 Å². The van der Waals surface area contributed by atoms with E-state index in [2.05, 4.69) is 16.6 Å². The molecule has 0 radical (unpaired) electrons. The van der Waals surface area contributed by atoms with Crippen molar-refractivity contribution in [2.75, 3.05) is 13.1 Å². The predicted octanol–water partition coefficient (Wildman–Crippen LogP) is 1.36. The molecule has 0 fully saturated rings. The molecule has 1 aromatic rings. The lowest BCUT2D eigenvalue weighted by molar-refractivity contribution is -0.120. The number of benzene rings is 1. The van der Waals surface area contributed by atoms with Crippen LogP contribution in [0.1, 0.15) is 18.5 Å². The first kappa shape index (κ1) is 14.1. The molecule has 96 valence electrons. The number of carbonyl (C=O) groups excluding carboxylic acids is 1. The summed E-state index contributed by atoms with van der Waals surface area (Å²) in [6.45, 7) is 1.78. The van der Waals surface area contributed by atoms with Gasteiger partial charge in [-0.25, -0.2) is 8.78 Å². The van der Waals surface area contributed by atoms with E-state index in [-0.39, 0.29) is 24.6 Å². The van der Waals surface area contributed by atoms with Crippen molar-refractivity contribution in [2.45, 2.75) is 13.0 Å². The standard InChI is InChI=1S/C13H14F2N2O/c1-3-7-16-8-12(18)17-9(2)13-10(14)5-4-6-11(13)15/h1,4-6,9,16H,7-8H2,2H3,(H,17,18). The molecule has 1 aromatic carbocycles. The van der Waals surface area contributed by atoms with Gasteiger partial charge in [0.15, 0.2) is 0 Å². The third-order valence-corrected chi connectivity index (χ3v) is 2.32. The maximum Gasteiger partial charge on any atom is 0.234 e. The molecule has 0 bridgehead atoms. The van der Waals surface area contributed by atoms with Gasteiger partial charge in [0.1, 0.15) is 11.6 Å². The average Bonchev–Trinajstić information content (AvgIpc) is 2.29. The Labute approximate surface area is 105 Å². The lowest BCUT2D eigenvalue weighted by Crippen LogP contribution is -2.36. The first-order chi connectivity index (χ1) is 8.56. The van der Waals surface area contributed by atoms with E-state index in [9.17, 15) is 13.6 Å². The lowest BCUT2D eigenvalue weighted by Gasteiger charge is -2.15. The van der Waals surface area contributed by atoms with E-state index in [0.717, 1.165) is 12.1 Å². The number of hydrogen-bond donors (Lipinski definition) is 2. The van der Waals surface area contributed by atoms with Crippen LogP contribution in [0.2, 0.25) is 0 Å². The Kier molecular flexibility index (Phi) is 5.28. The van der Waals surface area contributed by atoms with Gasteiger partial charge in [0.05, 0.1) is 19.1 Å². The number of terminal acetylenes is 1. The third-order valence-electron chi connectivity index (χ3n) is 2.32. The van der Waals surface area contributed by atoms with Gasteiger partial charge in [0, 0.05) is 5.56 Å². The average molecular weight is 252 g/mol.